The summed E-state index contributed by atoms with van der Waals surface area (Å²) in [7, 11) is -4.25. The summed E-state index contributed by atoms with van der Waals surface area (Å²) >= 11 is 6.92. The second kappa shape index (κ2) is 9.52. The van der Waals surface area contributed by atoms with Gasteiger partial charge in [0, 0.05) is 5.69 Å². The molecule has 1 heterocycles. The molecule has 180 valence electrons. The van der Waals surface area contributed by atoms with Crippen molar-refractivity contribution in [3.8, 4) is 16.2 Å². The summed E-state index contributed by atoms with van der Waals surface area (Å²) < 4.78 is 70.6. The molecular weight excluding hydrogens is 523 g/mol. The first-order chi connectivity index (χ1) is 15.8. The first-order valence-corrected chi connectivity index (χ1v) is 11.7. The van der Waals surface area contributed by atoms with Crippen LogP contribution < -0.4 is 9.46 Å². The molecule has 0 saturated heterocycles. The van der Waals surface area contributed by atoms with E-state index >= 15 is 0 Å². The van der Waals surface area contributed by atoms with E-state index in [4.69, 9.17) is 21.4 Å². The Hall–Kier alpha value is -3.29. The van der Waals surface area contributed by atoms with Crippen LogP contribution in [-0.2, 0) is 21.0 Å². The largest absolute Gasteiger partial charge is 0.479 e. The number of hydrogen-bond donors (Lipinski definition) is 3. The summed E-state index contributed by atoms with van der Waals surface area (Å²) in [5, 5.41) is 18.0. The molecule has 3 aromatic rings. The molecule has 34 heavy (non-hydrogen) atoms. The normalized spacial score (nSPS) is 11.8. The Morgan fingerprint density at radius 2 is 1.74 bits per heavy atom. The van der Waals surface area contributed by atoms with Gasteiger partial charge in [0.05, 0.1) is 15.3 Å². The van der Waals surface area contributed by atoms with Gasteiger partial charge in [-0.1, -0.05) is 23.7 Å². The van der Waals surface area contributed by atoms with Gasteiger partial charge in [-0.05, 0) is 42.0 Å². The Kier molecular flexibility index (Phi) is 7.10. The predicted molar refractivity (Wildman–Crippen MR) is 117 cm³/mol. The lowest BCUT2D eigenvalue weighted by molar-refractivity contribution is -0.139. The highest BCUT2D eigenvalue weighted by molar-refractivity contribution is 7.92. The number of aliphatic carboxylic acids is 1. The molecule has 0 aliphatic rings. The zero-order valence-electron chi connectivity index (χ0n) is 16.6. The molecule has 0 radical (unpaired) electrons. The van der Waals surface area contributed by atoms with E-state index in [1.807, 2.05) is 0 Å². The number of nitrogens with one attached hydrogen (secondary N) is 1. The zero-order valence-corrected chi connectivity index (χ0v) is 19.0. The van der Waals surface area contributed by atoms with Crippen LogP contribution >= 0.6 is 22.9 Å². The van der Waals surface area contributed by atoms with Gasteiger partial charge in [-0.2, -0.15) is 13.2 Å². The molecule has 0 fully saturated rings. The number of hydrogen-bond acceptors (Lipinski definition) is 6. The molecule has 8 nitrogen and oxygen atoms in total. The highest BCUT2D eigenvalue weighted by atomic mass is 35.5. The van der Waals surface area contributed by atoms with Crippen LogP contribution in [0, 0.1) is 0 Å². The van der Waals surface area contributed by atoms with Crippen molar-refractivity contribution >= 4 is 50.6 Å². The minimum atomic E-state index is -4.62. The van der Waals surface area contributed by atoms with Gasteiger partial charge in [0.2, 0.25) is 0 Å². The molecule has 0 unspecified atom stereocenters. The van der Waals surface area contributed by atoms with Crippen molar-refractivity contribution in [3.05, 3.63) is 64.0 Å². The first kappa shape index (κ1) is 25.3. The molecule has 14 heteroatoms. The number of anilines is 1. The Labute approximate surface area is 199 Å². The fraction of sp³-hybridized carbons (Fsp3) is 0.100. The van der Waals surface area contributed by atoms with Crippen LogP contribution in [0.15, 0.2) is 53.4 Å². The van der Waals surface area contributed by atoms with Crippen molar-refractivity contribution in [2.75, 3.05) is 11.3 Å². The van der Waals surface area contributed by atoms with E-state index in [0.29, 0.717) is 23.5 Å². The van der Waals surface area contributed by atoms with Crippen LogP contribution in [0.2, 0.25) is 5.02 Å². The van der Waals surface area contributed by atoms with Gasteiger partial charge < -0.3 is 14.9 Å². The van der Waals surface area contributed by atoms with E-state index in [1.165, 1.54) is 24.3 Å². The number of sulfonamides is 1. The summed E-state index contributed by atoms with van der Waals surface area (Å²) in [5.74, 6) is -3.09. The maximum atomic E-state index is 12.7. The number of alkyl halides is 3. The number of carboxylic acid groups (broad SMARTS) is 2. The summed E-state index contributed by atoms with van der Waals surface area (Å²) in [4.78, 5) is 21.7. The number of ether oxygens (including phenoxy) is 1. The molecule has 0 aliphatic carbocycles. The molecule has 0 bridgehead atoms. The molecule has 0 spiro atoms. The average Bonchev–Trinajstić information content (AvgIpc) is 3.08. The molecule has 0 amide bonds. The van der Waals surface area contributed by atoms with E-state index in [0.717, 1.165) is 12.1 Å². The van der Waals surface area contributed by atoms with Crippen molar-refractivity contribution < 1.29 is 46.1 Å². The van der Waals surface area contributed by atoms with Crippen molar-refractivity contribution in [3.63, 3.8) is 0 Å². The van der Waals surface area contributed by atoms with Gasteiger partial charge in [0.25, 0.3) is 10.0 Å². The van der Waals surface area contributed by atoms with Crippen molar-refractivity contribution in [1.29, 1.82) is 0 Å². The number of carboxylic acids is 2. The predicted octanol–water partition coefficient (Wildman–Crippen LogP) is 5.05. The first-order valence-electron chi connectivity index (χ1n) is 9.00. The summed E-state index contributed by atoms with van der Waals surface area (Å²) in [5.41, 5.74) is -0.696. The van der Waals surface area contributed by atoms with Crippen LogP contribution in [0.3, 0.4) is 0 Å². The number of thiophene rings is 1. The summed E-state index contributed by atoms with van der Waals surface area (Å²) in [6.45, 7) is -0.830. The third kappa shape index (κ3) is 5.61. The molecular formula is C20H13ClF3NO7S2. The van der Waals surface area contributed by atoms with Gasteiger partial charge in [-0.25, -0.2) is 18.0 Å². The molecule has 1 aromatic heterocycles. The fourth-order valence-corrected chi connectivity index (χ4v) is 5.20. The van der Waals surface area contributed by atoms with Gasteiger partial charge >= 0.3 is 18.1 Å². The van der Waals surface area contributed by atoms with Gasteiger partial charge in [-0.15, -0.1) is 11.3 Å². The number of rotatable bonds is 8. The van der Waals surface area contributed by atoms with Gasteiger partial charge in [-0.3, -0.25) is 4.72 Å². The minimum Gasteiger partial charge on any atom is -0.479 e. The third-order valence-corrected chi connectivity index (χ3v) is 7.29. The highest BCUT2D eigenvalue weighted by Crippen LogP contribution is 2.46. The van der Waals surface area contributed by atoms with E-state index in [1.54, 1.807) is 0 Å². The Bertz CT molecular complexity index is 1350. The maximum Gasteiger partial charge on any atom is 0.416 e. The highest BCUT2D eigenvalue weighted by Gasteiger charge is 2.31. The van der Waals surface area contributed by atoms with Gasteiger partial charge in [0.15, 0.2) is 17.2 Å². The lowest BCUT2D eigenvalue weighted by atomic mass is 10.1. The van der Waals surface area contributed by atoms with Crippen LogP contribution in [0.4, 0.5) is 18.9 Å². The van der Waals surface area contributed by atoms with E-state index in [-0.39, 0.29) is 31.8 Å². The SMILES string of the molecule is O=C(O)COc1c(C(=O)O)sc(-c2cccc(NS(=O)(=O)c3ccc(C(F)(F)F)cc3)c2)c1Cl. The van der Waals surface area contributed by atoms with Crippen molar-refractivity contribution in [2.45, 2.75) is 11.1 Å². The van der Waals surface area contributed by atoms with Gasteiger partial charge in [0.1, 0.15) is 5.02 Å². The third-order valence-electron chi connectivity index (χ3n) is 4.21. The summed E-state index contributed by atoms with van der Waals surface area (Å²) in [6.07, 6.45) is -4.62. The number of carbonyl (C=O) groups is 2. The van der Waals surface area contributed by atoms with Crippen LogP contribution in [0.1, 0.15) is 15.2 Å². The Morgan fingerprint density at radius 3 is 2.29 bits per heavy atom. The second-order valence-corrected chi connectivity index (χ2v) is 9.68. The molecule has 3 N–H and O–H groups in total. The molecule has 3 rings (SSSR count). The summed E-state index contributed by atoms with van der Waals surface area (Å²) in [6, 6.07) is 8.55. The molecule has 0 aliphatic heterocycles. The quantitative estimate of drug-likeness (QED) is 0.368. The lowest BCUT2D eigenvalue weighted by Gasteiger charge is -2.11. The van der Waals surface area contributed by atoms with E-state index in [2.05, 4.69) is 4.72 Å². The van der Waals surface area contributed by atoms with Crippen LogP contribution in [0.5, 0.6) is 5.75 Å². The standard InChI is InChI=1S/C20H13ClF3NO7S2/c21-15-16(32-9-14(26)27)18(19(28)29)33-17(15)10-2-1-3-12(8-10)25-34(30,31)13-6-4-11(5-7-13)20(22,23)24/h1-8,25H,9H2,(H,26,27)(H,28,29). The van der Waals surface area contributed by atoms with Crippen LogP contribution in [0.25, 0.3) is 10.4 Å². The average molecular weight is 536 g/mol. The number of aromatic carboxylic acids is 1. The number of benzene rings is 2. The van der Waals surface area contributed by atoms with Crippen LogP contribution in [-0.4, -0.2) is 37.2 Å². The Balaban J connectivity index is 1.93. The lowest BCUT2D eigenvalue weighted by Crippen LogP contribution is -2.13. The molecule has 0 atom stereocenters. The van der Waals surface area contributed by atoms with E-state index < -0.39 is 45.2 Å². The Morgan fingerprint density at radius 1 is 1.09 bits per heavy atom. The second-order valence-electron chi connectivity index (χ2n) is 6.60. The smallest absolute Gasteiger partial charge is 0.416 e. The molecule has 0 saturated carbocycles. The van der Waals surface area contributed by atoms with Crippen molar-refractivity contribution in [1.82, 2.24) is 0 Å². The topological polar surface area (TPSA) is 130 Å². The fourth-order valence-electron chi connectivity index (χ4n) is 2.75. The zero-order chi connectivity index (χ0) is 25.3. The molecule has 2 aromatic carbocycles. The monoisotopic (exact) mass is 535 g/mol. The van der Waals surface area contributed by atoms with E-state index in [9.17, 15) is 36.3 Å². The minimum absolute atomic E-state index is 0.0201. The van der Waals surface area contributed by atoms with Crippen molar-refractivity contribution in [2.24, 2.45) is 0 Å². The number of halogens is 4. The maximum absolute atomic E-state index is 12.7.